The zero-order valence-corrected chi connectivity index (χ0v) is 13.4. The van der Waals surface area contributed by atoms with Crippen LogP contribution in [0.4, 0.5) is 0 Å². The number of carbonyl (C=O) groups excluding carboxylic acids is 1. The van der Waals surface area contributed by atoms with Gasteiger partial charge in [0.1, 0.15) is 0 Å². The lowest BCUT2D eigenvalue weighted by molar-refractivity contribution is -0.149. The topological polar surface area (TPSA) is 38.3 Å². The summed E-state index contributed by atoms with van der Waals surface area (Å²) in [6.45, 7) is 2.94. The molecule has 2 aromatic rings. The molecule has 3 rings (SSSR count). The van der Waals surface area contributed by atoms with E-state index >= 15 is 0 Å². The molecule has 1 aliphatic rings. The van der Waals surface area contributed by atoms with Crippen LogP contribution in [-0.4, -0.2) is 19.1 Å². The van der Waals surface area contributed by atoms with Gasteiger partial charge in [-0.1, -0.05) is 60.7 Å². The monoisotopic (exact) mass is 309 g/mol. The van der Waals surface area contributed by atoms with Crippen molar-refractivity contribution in [3.05, 3.63) is 71.8 Å². The third kappa shape index (κ3) is 3.62. The van der Waals surface area contributed by atoms with Crippen molar-refractivity contribution >= 4 is 5.97 Å². The molecule has 0 aromatic heterocycles. The molecular formula is C20H23NO2. The number of nitrogens with one attached hydrogen (secondary N) is 1. The summed E-state index contributed by atoms with van der Waals surface area (Å²) in [5.41, 5.74) is 2.49. The predicted molar refractivity (Wildman–Crippen MR) is 91.1 cm³/mol. The van der Waals surface area contributed by atoms with Crippen LogP contribution in [0.3, 0.4) is 0 Å². The molecule has 1 heterocycles. The SMILES string of the molecule is CCOC(=O)[C@H]1CN[C@H](c2ccccc2)C[C@@H]1c1ccccc1. The Morgan fingerprint density at radius 2 is 1.65 bits per heavy atom. The van der Waals surface area contributed by atoms with Gasteiger partial charge in [-0.3, -0.25) is 4.79 Å². The number of benzene rings is 2. The summed E-state index contributed by atoms with van der Waals surface area (Å²) < 4.78 is 5.30. The fraction of sp³-hybridized carbons (Fsp3) is 0.350. The molecule has 1 aliphatic heterocycles. The Bertz CT molecular complexity index is 627. The fourth-order valence-corrected chi connectivity index (χ4v) is 3.42. The van der Waals surface area contributed by atoms with Gasteiger partial charge >= 0.3 is 5.97 Å². The average molecular weight is 309 g/mol. The average Bonchev–Trinajstić information content (AvgIpc) is 2.63. The van der Waals surface area contributed by atoms with Crippen LogP contribution in [0.15, 0.2) is 60.7 Å². The summed E-state index contributed by atoms with van der Waals surface area (Å²) >= 11 is 0. The number of rotatable bonds is 4. The maximum absolute atomic E-state index is 12.4. The number of carbonyl (C=O) groups is 1. The lowest BCUT2D eigenvalue weighted by atomic mass is 9.77. The van der Waals surface area contributed by atoms with Gasteiger partial charge in [0, 0.05) is 18.5 Å². The van der Waals surface area contributed by atoms with Crippen molar-refractivity contribution in [2.75, 3.05) is 13.2 Å². The molecule has 3 atom stereocenters. The van der Waals surface area contributed by atoms with Crippen molar-refractivity contribution in [2.24, 2.45) is 5.92 Å². The van der Waals surface area contributed by atoms with E-state index in [-0.39, 0.29) is 23.8 Å². The zero-order chi connectivity index (χ0) is 16.1. The molecule has 2 aromatic carbocycles. The van der Waals surface area contributed by atoms with Crippen molar-refractivity contribution in [3.8, 4) is 0 Å². The van der Waals surface area contributed by atoms with Crippen LogP contribution in [0.2, 0.25) is 0 Å². The van der Waals surface area contributed by atoms with Gasteiger partial charge in [0.15, 0.2) is 0 Å². The minimum atomic E-state index is -0.127. The first-order chi connectivity index (χ1) is 11.3. The normalized spacial score (nSPS) is 24.1. The Labute approximate surface area is 137 Å². The maximum Gasteiger partial charge on any atom is 0.310 e. The first-order valence-corrected chi connectivity index (χ1v) is 8.29. The van der Waals surface area contributed by atoms with Crippen molar-refractivity contribution < 1.29 is 9.53 Å². The van der Waals surface area contributed by atoms with E-state index in [0.717, 1.165) is 6.42 Å². The van der Waals surface area contributed by atoms with Crippen LogP contribution in [0, 0.1) is 5.92 Å². The molecule has 0 radical (unpaired) electrons. The van der Waals surface area contributed by atoms with Gasteiger partial charge in [-0.15, -0.1) is 0 Å². The molecule has 1 fully saturated rings. The highest BCUT2D eigenvalue weighted by atomic mass is 16.5. The number of piperidine rings is 1. The van der Waals surface area contributed by atoms with E-state index in [1.165, 1.54) is 11.1 Å². The largest absolute Gasteiger partial charge is 0.466 e. The van der Waals surface area contributed by atoms with Gasteiger partial charge in [-0.2, -0.15) is 0 Å². The second kappa shape index (κ2) is 7.42. The van der Waals surface area contributed by atoms with Crippen molar-refractivity contribution in [1.82, 2.24) is 5.32 Å². The molecule has 0 unspecified atom stereocenters. The Kier molecular flexibility index (Phi) is 5.09. The lowest BCUT2D eigenvalue weighted by Crippen LogP contribution is -2.42. The highest BCUT2D eigenvalue weighted by Gasteiger charge is 2.37. The number of ether oxygens (including phenoxy) is 1. The van der Waals surface area contributed by atoms with E-state index in [4.69, 9.17) is 4.74 Å². The zero-order valence-electron chi connectivity index (χ0n) is 13.4. The third-order valence-electron chi connectivity index (χ3n) is 4.58. The molecule has 0 aliphatic carbocycles. The summed E-state index contributed by atoms with van der Waals surface area (Å²) in [6.07, 6.45) is 0.900. The number of hydrogen-bond donors (Lipinski definition) is 1. The van der Waals surface area contributed by atoms with Gasteiger partial charge in [-0.25, -0.2) is 0 Å². The highest BCUT2D eigenvalue weighted by molar-refractivity contribution is 5.74. The smallest absolute Gasteiger partial charge is 0.310 e. The Hall–Kier alpha value is -2.13. The Morgan fingerprint density at radius 3 is 2.26 bits per heavy atom. The predicted octanol–water partition coefficient (Wildman–Crippen LogP) is 3.68. The van der Waals surface area contributed by atoms with Crippen LogP contribution in [-0.2, 0) is 9.53 Å². The summed E-state index contributed by atoms with van der Waals surface area (Å²) in [7, 11) is 0. The lowest BCUT2D eigenvalue weighted by Gasteiger charge is -2.36. The molecule has 0 amide bonds. The van der Waals surface area contributed by atoms with Crippen LogP contribution < -0.4 is 5.32 Å². The molecule has 0 spiro atoms. The van der Waals surface area contributed by atoms with E-state index in [2.05, 4.69) is 41.7 Å². The molecule has 3 heteroatoms. The molecule has 0 bridgehead atoms. The molecule has 0 saturated carbocycles. The van der Waals surface area contributed by atoms with Gasteiger partial charge < -0.3 is 10.1 Å². The van der Waals surface area contributed by atoms with E-state index in [0.29, 0.717) is 13.2 Å². The number of esters is 1. The second-order valence-corrected chi connectivity index (χ2v) is 5.98. The van der Waals surface area contributed by atoms with E-state index in [1.54, 1.807) is 0 Å². The van der Waals surface area contributed by atoms with Crippen molar-refractivity contribution in [1.29, 1.82) is 0 Å². The summed E-state index contributed by atoms with van der Waals surface area (Å²) in [4.78, 5) is 12.4. The highest BCUT2D eigenvalue weighted by Crippen LogP contribution is 2.38. The van der Waals surface area contributed by atoms with Gasteiger partial charge in [0.25, 0.3) is 0 Å². The summed E-state index contributed by atoms with van der Waals surface area (Å²) in [5.74, 6) is -0.0422. The standard InChI is InChI=1S/C20H23NO2/c1-2-23-20(22)18-14-21-19(16-11-7-4-8-12-16)13-17(18)15-9-5-3-6-10-15/h3-12,17-19,21H,2,13-14H2,1H3/t17-,18+,19+/m1/s1. The third-order valence-corrected chi connectivity index (χ3v) is 4.58. The second-order valence-electron chi connectivity index (χ2n) is 5.98. The Balaban J connectivity index is 1.85. The van der Waals surface area contributed by atoms with E-state index in [1.807, 2.05) is 31.2 Å². The van der Waals surface area contributed by atoms with Crippen molar-refractivity contribution in [2.45, 2.75) is 25.3 Å². The molecule has 23 heavy (non-hydrogen) atoms. The first kappa shape index (κ1) is 15.8. The molecule has 3 nitrogen and oxygen atoms in total. The van der Waals surface area contributed by atoms with Gasteiger partial charge in [0.2, 0.25) is 0 Å². The quantitative estimate of drug-likeness (QED) is 0.876. The molecule has 1 N–H and O–H groups in total. The summed E-state index contributed by atoms with van der Waals surface area (Å²) in [6, 6.07) is 21.0. The van der Waals surface area contributed by atoms with Crippen LogP contribution in [0.1, 0.15) is 36.4 Å². The van der Waals surface area contributed by atoms with E-state index in [9.17, 15) is 4.79 Å². The van der Waals surface area contributed by atoms with Gasteiger partial charge in [-0.05, 0) is 24.5 Å². The van der Waals surface area contributed by atoms with Gasteiger partial charge in [0.05, 0.1) is 12.5 Å². The Morgan fingerprint density at radius 1 is 1.04 bits per heavy atom. The minimum Gasteiger partial charge on any atom is -0.466 e. The summed E-state index contributed by atoms with van der Waals surface area (Å²) in [5, 5.41) is 3.52. The number of hydrogen-bond acceptors (Lipinski definition) is 3. The van der Waals surface area contributed by atoms with Crippen LogP contribution in [0.5, 0.6) is 0 Å². The van der Waals surface area contributed by atoms with Crippen molar-refractivity contribution in [3.63, 3.8) is 0 Å². The van der Waals surface area contributed by atoms with Crippen LogP contribution >= 0.6 is 0 Å². The van der Waals surface area contributed by atoms with E-state index < -0.39 is 0 Å². The minimum absolute atomic E-state index is 0.0969. The fourth-order valence-electron chi connectivity index (χ4n) is 3.42. The first-order valence-electron chi connectivity index (χ1n) is 8.29. The molecule has 1 saturated heterocycles. The maximum atomic E-state index is 12.4. The van der Waals surface area contributed by atoms with Crippen LogP contribution in [0.25, 0.3) is 0 Å². The molecule has 120 valence electrons. The molecular weight excluding hydrogens is 286 g/mol.